The van der Waals surface area contributed by atoms with Gasteiger partial charge in [0.05, 0.1) is 0 Å². The molecule has 1 heterocycles. The highest BCUT2D eigenvalue weighted by atomic mass is 32.2. The fourth-order valence-electron chi connectivity index (χ4n) is 3.01. The summed E-state index contributed by atoms with van der Waals surface area (Å²) in [5, 5.41) is 0. The molecule has 20 heavy (non-hydrogen) atoms. The maximum absolute atomic E-state index is 11.9. The normalized spacial score (nSPS) is 16.4. The molecule has 1 aliphatic heterocycles. The number of hydrogen-bond donors (Lipinski definition) is 0. The van der Waals surface area contributed by atoms with Crippen LogP contribution in [0, 0.1) is 5.92 Å². The van der Waals surface area contributed by atoms with Gasteiger partial charge in [0, 0.05) is 12.8 Å². The second-order valence-electron chi connectivity index (χ2n) is 6.38. The Bertz CT molecular complexity index is 234. The van der Waals surface area contributed by atoms with Crippen LogP contribution in [0.3, 0.4) is 0 Å². The number of Topliss-reactive ketones (excluding diaryl/α,β-unsaturated/α-hetero) is 1. The highest BCUT2D eigenvalue weighted by molar-refractivity contribution is 7.99. The maximum Gasteiger partial charge on any atom is 0.133 e. The van der Waals surface area contributed by atoms with Crippen molar-refractivity contribution in [1.82, 2.24) is 0 Å². The molecule has 1 nitrogen and oxygen atoms in total. The third-order valence-electron chi connectivity index (χ3n) is 4.42. The average molecular weight is 299 g/mol. The van der Waals surface area contributed by atoms with E-state index in [-0.39, 0.29) is 0 Å². The molecule has 0 unspecified atom stereocenters. The number of unbranched alkanes of at least 4 members (excludes halogenated alkanes) is 8. The molecule has 0 amide bonds. The Morgan fingerprint density at radius 1 is 0.900 bits per heavy atom. The van der Waals surface area contributed by atoms with Crippen molar-refractivity contribution in [2.45, 2.75) is 90.4 Å². The van der Waals surface area contributed by atoms with Crippen molar-refractivity contribution in [3.05, 3.63) is 0 Å². The van der Waals surface area contributed by atoms with Gasteiger partial charge in [-0.2, -0.15) is 11.8 Å². The number of hydrogen-bond acceptors (Lipinski definition) is 2. The first-order valence-corrected chi connectivity index (χ1v) is 10.1. The number of thioether (sulfide) groups is 1. The van der Waals surface area contributed by atoms with Gasteiger partial charge in [-0.3, -0.25) is 4.79 Å². The van der Waals surface area contributed by atoms with E-state index in [0.717, 1.165) is 19.3 Å². The minimum atomic E-state index is 0.532. The van der Waals surface area contributed by atoms with Gasteiger partial charge >= 0.3 is 0 Å². The fourth-order valence-corrected chi connectivity index (χ4v) is 4.21. The Balaban J connectivity index is 1.84. The molecule has 0 aromatic heterocycles. The van der Waals surface area contributed by atoms with E-state index < -0.39 is 0 Å². The lowest BCUT2D eigenvalue weighted by molar-refractivity contribution is -0.120. The zero-order valence-electron chi connectivity index (χ0n) is 13.5. The van der Waals surface area contributed by atoms with Crippen LogP contribution in [0.15, 0.2) is 0 Å². The molecule has 0 aromatic carbocycles. The third-order valence-corrected chi connectivity index (χ3v) is 5.47. The van der Waals surface area contributed by atoms with Crippen LogP contribution in [-0.4, -0.2) is 17.3 Å². The molecular formula is C18H34OS. The molecule has 2 heteroatoms. The summed E-state index contributed by atoms with van der Waals surface area (Å²) in [7, 11) is 0. The standard InChI is InChI=1S/C18H34OS/c1-2-3-4-5-6-7-8-9-10-11-18(19)16-17-12-14-20-15-13-17/h17H,2-16H2,1H3. The molecular weight excluding hydrogens is 264 g/mol. The monoisotopic (exact) mass is 298 g/mol. The van der Waals surface area contributed by atoms with Crippen molar-refractivity contribution in [2.24, 2.45) is 5.92 Å². The SMILES string of the molecule is CCCCCCCCCCCC(=O)CC1CCSCC1. The molecule has 0 aromatic rings. The minimum absolute atomic E-state index is 0.532. The Labute approximate surface area is 130 Å². The van der Waals surface area contributed by atoms with Gasteiger partial charge in [-0.05, 0) is 36.7 Å². The summed E-state index contributed by atoms with van der Waals surface area (Å²) in [6.45, 7) is 2.27. The van der Waals surface area contributed by atoms with Gasteiger partial charge in [0.15, 0.2) is 0 Å². The molecule has 0 aliphatic carbocycles. The van der Waals surface area contributed by atoms with Crippen LogP contribution < -0.4 is 0 Å². The van der Waals surface area contributed by atoms with E-state index in [0.29, 0.717) is 11.7 Å². The Hall–Kier alpha value is 0.0200. The first kappa shape index (κ1) is 18.1. The fraction of sp³-hybridized carbons (Fsp3) is 0.944. The van der Waals surface area contributed by atoms with Gasteiger partial charge in [-0.15, -0.1) is 0 Å². The van der Waals surface area contributed by atoms with Crippen molar-refractivity contribution in [3.63, 3.8) is 0 Å². The van der Waals surface area contributed by atoms with Crippen molar-refractivity contribution >= 4 is 17.5 Å². The number of carbonyl (C=O) groups is 1. The van der Waals surface area contributed by atoms with Gasteiger partial charge in [0.2, 0.25) is 0 Å². The van der Waals surface area contributed by atoms with Crippen LogP contribution in [0.2, 0.25) is 0 Å². The summed E-state index contributed by atoms with van der Waals surface area (Å²) in [5.41, 5.74) is 0. The molecule has 1 fully saturated rings. The van der Waals surface area contributed by atoms with Gasteiger partial charge in [0.1, 0.15) is 5.78 Å². The van der Waals surface area contributed by atoms with Gasteiger partial charge < -0.3 is 0 Å². The smallest absolute Gasteiger partial charge is 0.133 e. The quantitative estimate of drug-likeness (QED) is 0.410. The molecule has 0 bridgehead atoms. The maximum atomic E-state index is 11.9. The first-order chi connectivity index (χ1) is 9.83. The predicted octanol–water partition coefficient (Wildman–Crippen LogP) is 6.01. The topological polar surface area (TPSA) is 17.1 Å². The van der Waals surface area contributed by atoms with E-state index in [1.807, 2.05) is 11.8 Å². The molecule has 1 aliphatic rings. The molecule has 1 rings (SSSR count). The van der Waals surface area contributed by atoms with E-state index in [1.165, 1.54) is 75.7 Å². The summed E-state index contributed by atoms with van der Waals surface area (Å²) in [4.78, 5) is 11.9. The summed E-state index contributed by atoms with van der Waals surface area (Å²) >= 11 is 2.05. The summed E-state index contributed by atoms with van der Waals surface area (Å²) in [6.07, 6.45) is 16.3. The molecule has 0 atom stereocenters. The summed E-state index contributed by atoms with van der Waals surface area (Å²) in [5.74, 6) is 3.79. The van der Waals surface area contributed by atoms with Crippen LogP contribution in [0.1, 0.15) is 90.4 Å². The minimum Gasteiger partial charge on any atom is -0.300 e. The van der Waals surface area contributed by atoms with E-state index in [9.17, 15) is 4.79 Å². The van der Waals surface area contributed by atoms with E-state index in [1.54, 1.807) is 0 Å². The van der Waals surface area contributed by atoms with Crippen molar-refractivity contribution in [1.29, 1.82) is 0 Å². The molecule has 0 N–H and O–H groups in total. The van der Waals surface area contributed by atoms with Gasteiger partial charge in [-0.25, -0.2) is 0 Å². The van der Waals surface area contributed by atoms with Crippen LogP contribution in [-0.2, 0) is 4.79 Å². The van der Waals surface area contributed by atoms with E-state index in [2.05, 4.69) is 6.92 Å². The number of ketones is 1. The van der Waals surface area contributed by atoms with Crippen molar-refractivity contribution < 1.29 is 4.79 Å². The van der Waals surface area contributed by atoms with Crippen LogP contribution >= 0.6 is 11.8 Å². The Kier molecular flexibility index (Phi) is 11.5. The van der Waals surface area contributed by atoms with Gasteiger partial charge in [0.25, 0.3) is 0 Å². The number of carbonyl (C=O) groups excluding carboxylic acids is 1. The lowest BCUT2D eigenvalue weighted by Gasteiger charge is -2.20. The second kappa shape index (κ2) is 12.7. The third kappa shape index (κ3) is 9.85. The van der Waals surface area contributed by atoms with Crippen molar-refractivity contribution in [2.75, 3.05) is 11.5 Å². The first-order valence-electron chi connectivity index (χ1n) is 8.92. The van der Waals surface area contributed by atoms with E-state index >= 15 is 0 Å². The number of rotatable bonds is 12. The van der Waals surface area contributed by atoms with Crippen LogP contribution in [0.4, 0.5) is 0 Å². The Morgan fingerprint density at radius 2 is 1.45 bits per heavy atom. The van der Waals surface area contributed by atoms with Crippen LogP contribution in [0.25, 0.3) is 0 Å². The predicted molar refractivity (Wildman–Crippen MR) is 91.5 cm³/mol. The zero-order valence-corrected chi connectivity index (χ0v) is 14.3. The average Bonchev–Trinajstić information content (AvgIpc) is 2.46. The zero-order chi connectivity index (χ0) is 14.5. The van der Waals surface area contributed by atoms with E-state index in [4.69, 9.17) is 0 Å². The molecule has 118 valence electrons. The summed E-state index contributed by atoms with van der Waals surface area (Å²) < 4.78 is 0. The second-order valence-corrected chi connectivity index (χ2v) is 7.60. The Morgan fingerprint density at radius 3 is 2.05 bits per heavy atom. The van der Waals surface area contributed by atoms with Gasteiger partial charge in [-0.1, -0.05) is 58.3 Å². The highest BCUT2D eigenvalue weighted by Crippen LogP contribution is 2.26. The van der Waals surface area contributed by atoms with Crippen LogP contribution in [0.5, 0.6) is 0 Å². The van der Waals surface area contributed by atoms with Crippen molar-refractivity contribution in [3.8, 4) is 0 Å². The molecule has 0 saturated carbocycles. The summed E-state index contributed by atoms with van der Waals surface area (Å²) in [6, 6.07) is 0. The molecule has 1 saturated heterocycles. The molecule has 0 radical (unpaired) electrons. The lowest BCUT2D eigenvalue weighted by atomic mass is 9.94. The lowest BCUT2D eigenvalue weighted by Crippen LogP contribution is -2.14. The highest BCUT2D eigenvalue weighted by Gasteiger charge is 2.16. The molecule has 0 spiro atoms. The largest absolute Gasteiger partial charge is 0.300 e.